The molecular weight excluding hydrogens is 200 g/mol. The standard InChI is InChI=1S/C12H16N4/c1-15-11-6-4-3-5-10(11)13-7-9-8-14-16(2)12(9)15/h3-6,13-14H,7-8H2,1-2H3. The summed E-state index contributed by atoms with van der Waals surface area (Å²) in [6, 6.07) is 8.41. The lowest BCUT2D eigenvalue weighted by Crippen LogP contribution is -2.34. The van der Waals surface area contributed by atoms with Crippen LogP contribution in [0.5, 0.6) is 0 Å². The molecule has 0 saturated carbocycles. The molecule has 2 N–H and O–H groups in total. The molecule has 0 unspecified atom stereocenters. The van der Waals surface area contributed by atoms with E-state index in [0.717, 1.165) is 13.1 Å². The number of hydrazine groups is 1. The Balaban J connectivity index is 2.09. The molecule has 1 aromatic carbocycles. The number of rotatable bonds is 0. The maximum Gasteiger partial charge on any atom is 0.125 e. The highest BCUT2D eigenvalue weighted by Gasteiger charge is 2.26. The van der Waals surface area contributed by atoms with Gasteiger partial charge in [-0.3, -0.25) is 5.01 Å². The van der Waals surface area contributed by atoms with E-state index < -0.39 is 0 Å². The van der Waals surface area contributed by atoms with Crippen molar-refractivity contribution in [2.75, 3.05) is 37.4 Å². The van der Waals surface area contributed by atoms with Gasteiger partial charge in [0.2, 0.25) is 0 Å². The quantitative estimate of drug-likeness (QED) is 0.682. The van der Waals surface area contributed by atoms with Crippen LogP contribution in [0, 0.1) is 0 Å². The fraction of sp³-hybridized carbons (Fsp3) is 0.333. The average molecular weight is 216 g/mol. The second-order valence-corrected chi connectivity index (χ2v) is 4.25. The maximum absolute atomic E-state index is 3.48. The number of nitrogens with one attached hydrogen (secondary N) is 2. The third-order valence-electron chi connectivity index (χ3n) is 3.24. The number of anilines is 2. The first-order valence-corrected chi connectivity index (χ1v) is 5.53. The molecule has 4 heteroatoms. The van der Waals surface area contributed by atoms with Gasteiger partial charge in [-0.05, 0) is 12.1 Å². The smallest absolute Gasteiger partial charge is 0.125 e. The van der Waals surface area contributed by atoms with Gasteiger partial charge < -0.3 is 10.2 Å². The van der Waals surface area contributed by atoms with E-state index in [4.69, 9.17) is 0 Å². The van der Waals surface area contributed by atoms with E-state index in [2.05, 4.69) is 59.0 Å². The summed E-state index contributed by atoms with van der Waals surface area (Å²) in [6.07, 6.45) is 0. The van der Waals surface area contributed by atoms with Crippen molar-refractivity contribution in [2.45, 2.75) is 0 Å². The van der Waals surface area contributed by atoms with Gasteiger partial charge in [0.15, 0.2) is 0 Å². The lowest BCUT2D eigenvalue weighted by molar-refractivity contribution is 0.339. The summed E-state index contributed by atoms with van der Waals surface area (Å²) < 4.78 is 0. The molecule has 0 saturated heterocycles. The molecule has 3 rings (SSSR count). The number of para-hydroxylation sites is 2. The van der Waals surface area contributed by atoms with E-state index in [1.165, 1.54) is 22.8 Å². The third-order valence-corrected chi connectivity index (χ3v) is 3.24. The monoisotopic (exact) mass is 216 g/mol. The molecule has 1 aromatic rings. The van der Waals surface area contributed by atoms with Crippen LogP contribution in [0.2, 0.25) is 0 Å². The first kappa shape index (κ1) is 9.54. The van der Waals surface area contributed by atoms with Gasteiger partial charge >= 0.3 is 0 Å². The van der Waals surface area contributed by atoms with E-state index >= 15 is 0 Å². The van der Waals surface area contributed by atoms with Crippen molar-refractivity contribution in [3.8, 4) is 0 Å². The summed E-state index contributed by atoms with van der Waals surface area (Å²) in [7, 11) is 4.18. The molecule has 2 heterocycles. The molecule has 0 aromatic heterocycles. The van der Waals surface area contributed by atoms with Crippen molar-refractivity contribution >= 4 is 11.4 Å². The summed E-state index contributed by atoms with van der Waals surface area (Å²) in [5.41, 5.74) is 7.16. The summed E-state index contributed by atoms with van der Waals surface area (Å²) in [6.45, 7) is 1.84. The topological polar surface area (TPSA) is 30.5 Å². The molecule has 0 fully saturated rings. The summed E-state index contributed by atoms with van der Waals surface area (Å²) in [5.74, 6) is 1.26. The van der Waals surface area contributed by atoms with Gasteiger partial charge in [0, 0.05) is 32.8 Å². The third kappa shape index (κ3) is 1.27. The van der Waals surface area contributed by atoms with Gasteiger partial charge in [-0.15, -0.1) is 0 Å². The van der Waals surface area contributed by atoms with E-state index in [1.54, 1.807) is 0 Å². The highest BCUT2D eigenvalue weighted by atomic mass is 15.6. The van der Waals surface area contributed by atoms with Crippen LogP contribution >= 0.6 is 0 Å². The Labute approximate surface area is 95.5 Å². The molecule has 0 atom stereocenters. The Morgan fingerprint density at radius 2 is 1.94 bits per heavy atom. The molecule has 0 spiro atoms. The van der Waals surface area contributed by atoms with Crippen LogP contribution < -0.4 is 15.6 Å². The lowest BCUT2D eigenvalue weighted by atomic mass is 10.2. The Hall–Kier alpha value is -1.68. The zero-order valence-electron chi connectivity index (χ0n) is 9.62. The predicted octanol–water partition coefficient (Wildman–Crippen LogP) is 1.21. The number of hydrogen-bond donors (Lipinski definition) is 2. The molecule has 0 bridgehead atoms. The van der Waals surface area contributed by atoms with Gasteiger partial charge in [0.05, 0.1) is 11.4 Å². The first-order chi connectivity index (χ1) is 7.77. The molecule has 16 heavy (non-hydrogen) atoms. The van der Waals surface area contributed by atoms with Crippen LogP contribution in [0.3, 0.4) is 0 Å². The fourth-order valence-corrected chi connectivity index (χ4v) is 2.44. The second kappa shape index (κ2) is 3.42. The molecular formula is C12H16N4. The zero-order valence-corrected chi connectivity index (χ0v) is 9.62. The van der Waals surface area contributed by atoms with Gasteiger partial charge in [0.25, 0.3) is 0 Å². The predicted molar refractivity (Wildman–Crippen MR) is 66.1 cm³/mol. The van der Waals surface area contributed by atoms with Crippen molar-refractivity contribution < 1.29 is 0 Å². The molecule has 2 aliphatic rings. The van der Waals surface area contributed by atoms with Gasteiger partial charge in [0.1, 0.15) is 5.82 Å². The van der Waals surface area contributed by atoms with Crippen molar-refractivity contribution in [2.24, 2.45) is 0 Å². The Kier molecular flexibility index (Phi) is 2.04. The number of hydrogen-bond acceptors (Lipinski definition) is 4. The van der Waals surface area contributed by atoms with E-state index in [1.807, 2.05) is 0 Å². The minimum Gasteiger partial charge on any atom is -0.379 e. The normalized spacial score (nSPS) is 19.1. The molecule has 0 amide bonds. The Morgan fingerprint density at radius 3 is 2.81 bits per heavy atom. The fourth-order valence-electron chi connectivity index (χ4n) is 2.44. The molecule has 0 radical (unpaired) electrons. The number of fused-ring (bicyclic) bond motifs is 1. The Morgan fingerprint density at radius 1 is 1.12 bits per heavy atom. The van der Waals surface area contributed by atoms with Gasteiger partial charge in [-0.1, -0.05) is 12.1 Å². The van der Waals surface area contributed by atoms with Gasteiger partial charge in [-0.2, -0.15) is 0 Å². The van der Waals surface area contributed by atoms with Crippen LogP contribution in [0.15, 0.2) is 35.7 Å². The van der Waals surface area contributed by atoms with E-state index in [-0.39, 0.29) is 0 Å². The summed E-state index contributed by atoms with van der Waals surface area (Å²) in [4.78, 5) is 2.24. The molecule has 0 aliphatic carbocycles. The second-order valence-electron chi connectivity index (χ2n) is 4.25. The molecule has 84 valence electrons. The van der Waals surface area contributed by atoms with E-state index in [0.29, 0.717) is 0 Å². The van der Waals surface area contributed by atoms with Crippen molar-refractivity contribution in [3.05, 3.63) is 35.7 Å². The first-order valence-electron chi connectivity index (χ1n) is 5.53. The molecule has 2 aliphatic heterocycles. The zero-order chi connectivity index (χ0) is 11.1. The highest BCUT2D eigenvalue weighted by molar-refractivity contribution is 5.74. The number of benzene rings is 1. The SMILES string of the molecule is CN1NCC2=C1N(C)c1ccccc1NC2. The van der Waals surface area contributed by atoms with Crippen LogP contribution in [-0.2, 0) is 0 Å². The maximum atomic E-state index is 3.48. The van der Waals surface area contributed by atoms with Crippen molar-refractivity contribution in [1.82, 2.24) is 10.4 Å². The minimum absolute atomic E-state index is 0.911. The van der Waals surface area contributed by atoms with Crippen LogP contribution in [0.4, 0.5) is 11.4 Å². The Bertz CT molecular complexity index is 452. The van der Waals surface area contributed by atoms with Crippen molar-refractivity contribution in [3.63, 3.8) is 0 Å². The summed E-state index contributed by atoms with van der Waals surface area (Å²) >= 11 is 0. The highest BCUT2D eigenvalue weighted by Crippen LogP contribution is 2.33. The minimum atomic E-state index is 0.911. The van der Waals surface area contributed by atoms with E-state index in [9.17, 15) is 0 Å². The van der Waals surface area contributed by atoms with Crippen LogP contribution in [0.1, 0.15) is 0 Å². The summed E-state index contributed by atoms with van der Waals surface area (Å²) in [5, 5.41) is 5.58. The van der Waals surface area contributed by atoms with Crippen LogP contribution in [-0.4, -0.2) is 32.2 Å². The van der Waals surface area contributed by atoms with Crippen molar-refractivity contribution in [1.29, 1.82) is 0 Å². The average Bonchev–Trinajstić information content (AvgIpc) is 2.60. The largest absolute Gasteiger partial charge is 0.379 e. The number of nitrogens with zero attached hydrogens (tertiary/aromatic N) is 2. The van der Waals surface area contributed by atoms with Crippen LogP contribution in [0.25, 0.3) is 0 Å². The molecule has 4 nitrogen and oxygen atoms in total. The lowest BCUT2D eigenvalue weighted by Gasteiger charge is -2.27. The van der Waals surface area contributed by atoms with Gasteiger partial charge in [-0.25, -0.2) is 5.43 Å².